The summed E-state index contributed by atoms with van der Waals surface area (Å²) in [4.78, 5) is 2.26. The molecule has 20 heavy (non-hydrogen) atoms. The van der Waals surface area contributed by atoms with Gasteiger partial charge in [-0.15, -0.1) is 12.4 Å². The molecular formula is C13H18ClFI2N2O. The number of benzene rings is 1. The number of piperazine rings is 1. The van der Waals surface area contributed by atoms with Gasteiger partial charge in [-0.3, -0.25) is 9.29 Å². The minimum Gasteiger partial charge on any atom is -0.506 e. The molecule has 2 N–H and O–H groups in total. The third-order valence-corrected chi connectivity index (χ3v) is 4.84. The molecule has 1 atom stereocenters. The average molecular weight is 527 g/mol. The van der Waals surface area contributed by atoms with Crippen molar-refractivity contribution < 1.29 is 9.50 Å². The van der Waals surface area contributed by atoms with Crippen LogP contribution in [-0.4, -0.2) is 42.9 Å². The summed E-state index contributed by atoms with van der Waals surface area (Å²) in [6, 6.07) is 3.88. The monoisotopic (exact) mass is 526 g/mol. The predicted octanol–water partition coefficient (Wildman–Crippen LogP) is 3.33. The molecule has 2 rings (SSSR count). The van der Waals surface area contributed by atoms with Gasteiger partial charge in [0.05, 0.1) is 10.2 Å². The van der Waals surface area contributed by atoms with Crippen LogP contribution in [0.2, 0.25) is 0 Å². The second kappa shape index (κ2) is 8.92. The fraction of sp³-hybridized carbons (Fsp3) is 0.538. The second-order valence-corrected chi connectivity index (χ2v) is 7.01. The summed E-state index contributed by atoms with van der Waals surface area (Å²) in [5.74, 6) is 0.304. The molecular weight excluding hydrogens is 508 g/mol. The van der Waals surface area contributed by atoms with Gasteiger partial charge in [-0.05, 0) is 63.7 Å². The Balaban J connectivity index is 0.00000200. The maximum absolute atomic E-state index is 12.9. The number of hydrogen-bond donors (Lipinski definition) is 2. The molecule has 1 heterocycles. The van der Waals surface area contributed by atoms with Crippen molar-refractivity contribution in [2.45, 2.75) is 12.5 Å². The fourth-order valence-electron chi connectivity index (χ4n) is 2.47. The zero-order valence-electron chi connectivity index (χ0n) is 10.9. The van der Waals surface area contributed by atoms with Gasteiger partial charge in [0.1, 0.15) is 5.75 Å². The Morgan fingerprint density at radius 1 is 1.30 bits per heavy atom. The first-order valence-corrected chi connectivity index (χ1v) is 8.48. The van der Waals surface area contributed by atoms with Crippen molar-refractivity contribution in [2.75, 3.05) is 32.9 Å². The summed E-state index contributed by atoms with van der Waals surface area (Å²) in [5, 5.41) is 13.6. The van der Waals surface area contributed by atoms with E-state index in [-0.39, 0.29) is 25.1 Å². The highest BCUT2D eigenvalue weighted by atomic mass is 127. The molecule has 0 unspecified atom stereocenters. The third-order valence-electron chi connectivity index (χ3n) is 3.39. The number of rotatable bonds is 4. The number of hydrogen-bond acceptors (Lipinski definition) is 3. The highest BCUT2D eigenvalue weighted by Crippen LogP contribution is 2.36. The zero-order chi connectivity index (χ0) is 13.8. The molecule has 1 saturated heterocycles. The Kier molecular flexibility index (Phi) is 8.32. The summed E-state index contributed by atoms with van der Waals surface area (Å²) >= 11 is 4.37. The SMILES string of the molecule is Cl.Oc1c(I)cc(I)cc1[C@H](CCF)N1CCNCC1. The first kappa shape index (κ1) is 18.7. The van der Waals surface area contributed by atoms with E-state index in [1.165, 1.54) is 0 Å². The molecule has 0 bridgehead atoms. The molecule has 114 valence electrons. The summed E-state index contributed by atoms with van der Waals surface area (Å²) in [7, 11) is 0. The maximum Gasteiger partial charge on any atom is 0.133 e. The van der Waals surface area contributed by atoms with Gasteiger partial charge in [0, 0.05) is 41.4 Å². The normalized spacial score (nSPS) is 17.6. The number of phenolic OH excluding ortho intramolecular Hbond substituents is 1. The lowest BCUT2D eigenvalue weighted by Gasteiger charge is -2.35. The van der Waals surface area contributed by atoms with Crippen molar-refractivity contribution in [3.05, 3.63) is 24.8 Å². The van der Waals surface area contributed by atoms with Crippen molar-refractivity contribution in [3.8, 4) is 5.75 Å². The first-order valence-electron chi connectivity index (χ1n) is 6.32. The van der Waals surface area contributed by atoms with Gasteiger partial charge in [-0.1, -0.05) is 0 Å². The fourth-order valence-corrected chi connectivity index (χ4v) is 4.36. The van der Waals surface area contributed by atoms with Crippen LogP contribution >= 0.6 is 57.6 Å². The smallest absolute Gasteiger partial charge is 0.133 e. The zero-order valence-corrected chi connectivity index (χ0v) is 16.0. The van der Waals surface area contributed by atoms with Crippen molar-refractivity contribution in [3.63, 3.8) is 0 Å². The van der Waals surface area contributed by atoms with Gasteiger partial charge >= 0.3 is 0 Å². The van der Waals surface area contributed by atoms with E-state index >= 15 is 0 Å². The Bertz CT molecular complexity index is 445. The molecule has 1 fully saturated rings. The van der Waals surface area contributed by atoms with E-state index in [0.29, 0.717) is 12.2 Å². The second-order valence-electron chi connectivity index (χ2n) is 4.60. The summed E-state index contributed by atoms with van der Waals surface area (Å²) in [5.41, 5.74) is 0.857. The molecule has 0 amide bonds. The van der Waals surface area contributed by atoms with Gasteiger partial charge in [0.15, 0.2) is 0 Å². The van der Waals surface area contributed by atoms with Crippen LogP contribution in [0.1, 0.15) is 18.0 Å². The summed E-state index contributed by atoms with van der Waals surface area (Å²) in [6.07, 6.45) is 0.434. The van der Waals surface area contributed by atoms with Crippen molar-refractivity contribution in [1.82, 2.24) is 10.2 Å². The Labute approximate surface area is 152 Å². The number of nitrogens with one attached hydrogen (secondary N) is 1. The highest BCUT2D eigenvalue weighted by Gasteiger charge is 2.25. The molecule has 0 saturated carbocycles. The lowest BCUT2D eigenvalue weighted by Crippen LogP contribution is -2.45. The maximum atomic E-state index is 12.9. The van der Waals surface area contributed by atoms with Crippen LogP contribution in [0.3, 0.4) is 0 Å². The predicted molar refractivity (Wildman–Crippen MR) is 98.6 cm³/mol. The lowest BCUT2D eigenvalue weighted by molar-refractivity contribution is 0.155. The van der Waals surface area contributed by atoms with Crippen molar-refractivity contribution >= 4 is 57.6 Å². The number of phenols is 1. The van der Waals surface area contributed by atoms with Crippen LogP contribution in [0, 0.1) is 7.14 Å². The van der Waals surface area contributed by atoms with Crippen LogP contribution in [0.4, 0.5) is 4.39 Å². The minimum atomic E-state index is -0.365. The Morgan fingerprint density at radius 3 is 2.55 bits per heavy atom. The van der Waals surface area contributed by atoms with Crippen LogP contribution in [-0.2, 0) is 0 Å². The van der Waals surface area contributed by atoms with E-state index in [4.69, 9.17) is 0 Å². The first-order chi connectivity index (χ1) is 9.13. The molecule has 1 aliphatic rings. The molecule has 1 aromatic rings. The van der Waals surface area contributed by atoms with E-state index in [9.17, 15) is 9.50 Å². The van der Waals surface area contributed by atoms with Gasteiger partial charge in [-0.2, -0.15) is 0 Å². The van der Waals surface area contributed by atoms with E-state index in [1.54, 1.807) is 0 Å². The van der Waals surface area contributed by atoms with E-state index in [1.807, 2.05) is 12.1 Å². The standard InChI is InChI=1S/C13H17FI2N2O.ClH/c14-2-1-12(18-5-3-17-4-6-18)10-7-9(15)8-11(16)13(10)19;/h7-8,12,17,19H,1-6H2;1H/t12-;/m0./s1. The number of nitrogens with zero attached hydrogens (tertiary/aromatic N) is 1. The quantitative estimate of drug-likeness (QED) is 0.591. The van der Waals surface area contributed by atoms with Crippen molar-refractivity contribution in [1.29, 1.82) is 0 Å². The number of aromatic hydroxyl groups is 1. The number of alkyl halides is 1. The van der Waals surface area contributed by atoms with Crippen LogP contribution in [0.25, 0.3) is 0 Å². The molecule has 0 radical (unpaired) electrons. The van der Waals surface area contributed by atoms with Gasteiger partial charge in [0.2, 0.25) is 0 Å². The van der Waals surface area contributed by atoms with Crippen LogP contribution in [0.5, 0.6) is 5.75 Å². The largest absolute Gasteiger partial charge is 0.506 e. The lowest BCUT2D eigenvalue weighted by atomic mass is 10.0. The van der Waals surface area contributed by atoms with Crippen LogP contribution in [0.15, 0.2) is 12.1 Å². The Hall–Kier alpha value is 0.620. The average Bonchev–Trinajstić information content (AvgIpc) is 2.41. The third kappa shape index (κ3) is 4.56. The molecule has 3 nitrogen and oxygen atoms in total. The minimum absolute atomic E-state index is 0. The van der Waals surface area contributed by atoms with E-state index < -0.39 is 0 Å². The van der Waals surface area contributed by atoms with Gasteiger partial charge < -0.3 is 10.4 Å². The van der Waals surface area contributed by atoms with Gasteiger partial charge in [0.25, 0.3) is 0 Å². The molecule has 0 aromatic heterocycles. The molecule has 7 heteroatoms. The van der Waals surface area contributed by atoms with Gasteiger partial charge in [-0.25, -0.2) is 0 Å². The van der Waals surface area contributed by atoms with Crippen molar-refractivity contribution in [2.24, 2.45) is 0 Å². The summed E-state index contributed by atoms with van der Waals surface area (Å²) in [6.45, 7) is 3.27. The summed E-state index contributed by atoms with van der Waals surface area (Å²) < 4.78 is 14.8. The number of halogens is 4. The van der Waals surface area contributed by atoms with E-state index in [0.717, 1.165) is 38.9 Å². The highest BCUT2D eigenvalue weighted by molar-refractivity contribution is 14.1. The topological polar surface area (TPSA) is 35.5 Å². The molecule has 1 aromatic carbocycles. The van der Waals surface area contributed by atoms with E-state index in [2.05, 4.69) is 55.4 Å². The molecule has 0 spiro atoms. The Morgan fingerprint density at radius 2 is 1.95 bits per heavy atom. The van der Waals surface area contributed by atoms with Crippen LogP contribution < -0.4 is 5.32 Å². The molecule has 1 aliphatic heterocycles. The molecule has 0 aliphatic carbocycles.